The normalized spacial score (nSPS) is 10.4. The standard InChI is InChI=1S/C8H10N4O3/c9-8(10)12-11-3-5-6(14)1-4(13)2-7(5)15/h1-3,13-15H,(H4,9,10,12). The van der Waals surface area contributed by atoms with E-state index in [1.54, 1.807) is 0 Å². The molecule has 0 spiro atoms. The van der Waals surface area contributed by atoms with Gasteiger partial charge in [-0.3, -0.25) is 0 Å². The summed E-state index contributed by atoms with van der Waals surface area (Å²) >= 11 is 0. The summed E-state index contributed by atoms with van der Waals surface area (Å²) in [6.45, 7) is 0. The highest BCUT2D eigenvalue weighted by Gasteiger charge is 2.06. The third-order valence-electron chi connectivity index (χ3n) is 1.48. The van der Waals surface area contributed by atoms with E-state index < -0.39 is 0 Å². The first kappa shape index (κ1) is 10.6. The topological polar surface area (TPSA) is 137 Å². The molecule has 1 aromatic rings. The van der Waals surface area contributed by atoms with Crippen molar-refractivity contribution in [3.63, 3.8) is 0 Å². The zero-order valence-corrected chi connectivity index (χ0v) is 7.62. The van der Waals surface area contributed by atoms with Crippen molar-refractivity contribution in [1.82, 2.24) is 0 Å². The Morgan fingerprint density at radius 1 is 1.13 bits per heavy atom. The second-order valence-electron chi connectivity index (χ2n) is 2.67. The van der Waals surface area contributed by atoms with Gasteiger partial charge in [0.25, 0.3) is 0 Å². The van der Waals surface area contributed by atoms with Crippen molar-refractivity contribution < 1.29 is 15.3 Å². The van der Waals surface area contributed by atoms with Gasteiger partial charge in [-0.1, -0.05) is 0 Å². The SMILES string of the molecule is NC(N)=NN=Cc1c(O)cc(O)cc1O. The van der Waals surface area contributed by atoms with Gasteiger partial charge >= 0.3 is 0 Å². The largest absolute Gasteiger partial charge is 0.508 e. The quantitative estimate of drug-likeness (QED) is 0.252. The minimum atomic E-state index is -0.331. The third kappa shape index (κ3) is 2.76. The lowest BCUT2D eigenvalue weighted by Crippen LogP contribution is -2.21. The van der Waals surface area contributed by atoms with Crippen molar-refractivity contribution >= 4 is 12.2 Å². The van der Waals surface area contributed by atoms with Crippen LogP contribution in [0, 0.1) is 0 Å². The van der Waals surface area contributed by atoms with Crippen LogP contribution in [-0.2, 0) is 0 Å². The molecule has 0 atom stereocenters. The molecule has 0 saturated carbocycles. The fourth-order valence-electron chi connectivity index (χ4n) is 0.894. The number of rotatable bonds is 2. The van der Waals surface area contributed by atoms with Crippen molar-refractivity contribution in [3.8, 4) is 17.2 Å². The summed E-state index contributed by atoms with van der Waals surface area (Å²) in [5.41, 5.74) is 10.0. The van der Waals surface area contributed by atoms with Crippen molar-refractivity contribution in [1.29, 1.82) is 0 Å². The molecule has 0 unspecified atom stereocenters. The molecule has 80 valence electrons. The summed E-state index contributed by atoms with van der Waals surface area (Å²) in [7, 11) is 0. The number of guanidine groups is 1. The minimum Gasteiger partial charge on any atom is -0.508 e. The summed E-state index contributed by atoms with van der Waals surface area (Å²) in [6.07, 6.45) is 1.06. The average Bonchev–Trinajstić information content (AvgIpc) is 2.08. The third-order valence-corrected chi connectivity index (χ3v) is 1.48. The number of phenolic OH excluding ortho intramolecular Hbond substituents is 3. The van der Waals surface area contributed by atoms with Crippen molar-refractivity contribution in [2.45, 2.75) is 0 Å². The summed E-state index contributed by atoms with van der Waals surface area (Å²) in [4.78, 5) is 0. The number of hydrogen-bond acceptors (Lipinski definition) is 5. The van der Waals surface area contributed by atoms with Gasteiger partial charge in [-0.25, -0.2) is 0 Å². The van der Waals surface area contributed by atoms with Gasteiger partial charge in [0.2, 0.25) is 5.96 Å². The first-order valence-electron chi connectivity index (χ1n) is 3.87. The smallest absolute Gasteiger partial charge is 0.211 e. The Labute approximate surface area is 85.0 Å². The van der Waals surface area contributed by atoms with E-state index in [-0.39, 0.29) is 28.8 Å². The van der Waals surface area contributed by atoms with Crippen LogP contribution in [0.2, 0.25) is 0 Å². The van der Waals surface area contributed by atoms with Crippen molar-refractivity contribution in [2.75, 3.05) is 0 Å². The van der Waals surface area contributed by atoms with Crippen LogP contribution in [0.3, 0.4) is 0 Å². The Morgan fingerprint density at radius 3 is 2.13 bits per heavy atom. The molecule has 15 heavy (non-hydrogen) atoms. The fraction of sp³-hybridized carbons (Fsp3) is 0. The molecule has 0 aliphatic rings. The number of aromatic hydroxyl groups is 3. The predicted molar refractivity (Wildman–Crippen MR) is 54.8 cm³/mol. The molecule has 0 saturated heterocycles. The van der Waals surface area contributed by atoms with Crippen LogP contribution in [0.25, 0.3) is 0 Å². The van der Waals surface area contributed by atoms with Crippen LogP contribution in [0.4, 0.5) is 0 Å². The first-order valence-corrected chi connectivity index (χ1v) is 3.87. The lowest BCUT2D eigenvalue weighted by atomic mass is 10.2. The molecule has 1 aromatic carbocycles. The maximum atomic E-state index is 9.32. The average molecular weight is 210 g/mol. The Morgan fingerprint density at radius 2 is 1.67 bits per heavy atom. The zero-order chi connectivity index (χ0) is 11.4. The van der Waals surface area contributed by atoms with Crippen LogP contribution in [0.1, 0.15) is 5.56 Å². The maximum Gasteiger partial charge on any atom is 0.211 e. The molecule has 0 aliphatic carbocycles. The summed E-state index contributed by atoms with van der Waals surface area (Å²) in [6, 6.07) is 2.10. The number of nitrogens with two attached hydrogens (primary N) is 2. The number of nitrogens with zero attached hydrogens (tertiary/aromatic N) is 2. The zero-order valence-electron chi connectivity index (χ0n) is 7.62. The highest BCUT2D eigenvalue weighted by Crippen LogP contribution is 2.30. The van der Waals surface area contributed by atoms with E-state index in [9.17, 15) is 10.2 Å². The van der Waals surface area contributed by atoms with Gasteiger partial charge in [-0.15, -0.1) is 5.10 Å². The Hall–Kier alpha value is -2.44. The van der Waals surface area contributed by atoms with Crippen LogP contribution < -0.4 is 11.5 Å². The molecule has 0 aromatic heterocycles. The number of hydrogen-bond donors (Lipinski definition) is 5. The molecule has 0 aliphatic heterocycles. The van der Waals surface area contributed by atoms with E-state index in [4.69, 9.17) is 16.6 Å². The van der Waals surface area contributed by atoms with E-state index in [0.29, 0.717) is 0 Å². The molecule has 0 bridgehead atoms. The van der Waals surface area contributed by atoms with Gasteiger partial charge in [0.1, 0.15) is 17.2 Å². The summed E-state index contributed by atoms with van der Waals surface area (Å²) in [5, 5.41) is 34.3. The molecule has 7 heteroatoms. The van der Waals surface area contributed by atoms with E-state index in [0.717, 1.165) is 18.3 Å². The Balaban J connectivity index is 3.05. The molecular formula is C8H10N4O3. The van der Waals surface area contributed by atoms with Gasteiger partial charge in [0.05, 0.1) is 11.8 Å². The lowest BCUT2D eigenvalue weighted by Gasteiger charge is -2.01. The van der Waals surface area contributed by atoms with Crippen LogP contribution in [-0.4, -0.2) is 27.5 Å². The second kappa shape index (κ2) is 4.18. The molecule has 7 N–H and O–H groups in total. The van der Waals surface area contributed by atoms with E-state index in [2.05, 4.69) is 10.2 Å². The fourth-order valence-corrected chi connectivity index (χ4v) is 0.894. The number of benzene rings is 1. The molecule has 0 amide bonds. The molecule has 0 radical (unpaired) electrons. The molecule has 0 fully saturated rings. The highest BCUT2D eigenvalue weighted by molar-refractivity contribution is 5.88. The Kier molecular flexibility index (Phi) is 2.97. The lowest BCUT2D eigenvalue weighted by molar-refractivity contribution is 0.427. The predicted octanol–water partition coefficient (Wildman–Crippen LogP) is -0.589. The van der Waals surface area contributed by atoms with Gasteiger partial charge < -0.3 is 26.8 Å². The van der Waals surface area contributed by atoms with Crippen molar-refractivity contribution in [2.24, 2.45) is 21.7 Å². The van der Waals surface area contributed by atoms with Gasteiger partial charge in [-0.2, -0.15) is 5.10 Å². The van der Waals surface area contributed by atoms with Gasteiger partial charge in [-0.05, 0) is 0 Å². The number of phenols is 3. The first-order chi connectivity index (χ1) is 7.00. The summed E-state index contributed by atoms with van der Waals surface area (Å²) < 4.78 is 0. The molecule has 7 nitrogen and oxygen atoms in total. The van der Waals surface area contributed by atoms with Crippen LogP contribution in [0.5, 0.6) is 17.2 Å². The molecule has 0 heterocycles. The highest BCUT2D eigenvalue weighted by atomic mass is 16.3. The van der Waals surface area contributed by atoms with Crippen molar-refractivity contribution in [3.05, 3.63) is 17.7 Å². The second-order valence-corrected chi connectivity index (χ2v) is 2.67. The molecule has 1 rings (SSSR count). The monoisotopic (exact) mass is 210 g/mol. The maximum absolute atomic E-state index is 9.32. The minimum absolute atomic E-state index is 0.0119. The summed E-state index contributed by atoms with van der Waals surface area (Å²) in [5.74, 6) is -1.17. The van der Waals surface area contributed by atoms with E-state index >= 15 is 0 Å². The van der Waals surface area contributed by atoms with E-state index in [1.165, 1.54) is 0 Å². The van der Waals surface area contributed by atoms with Crippen LogP contribution in [0.15, 0.2) is 22.3 Å². The van der Waals surface area contributed by atoms with Crippen LogP contribution >= 0.6 is 0 Å². The van der Waals surface area contributed by atoms with Gasteiger partial charge in [0, 0.05) is 12.1 Å². The molecular weight excluding hydrogens is 200 g/mol. The van der Waals surface area contributed by atoms with E-state index in [1.807, 2.05) is 0 Å². The Bertz CT molecular complexity index is 401. The van der Waals surface area contributed by atoms with Gasteiger partial charge in [0.15, 0.2) is 0 Å².